The molecule has 0 saturated heterocycles. The zero-order chi connectivity index (χ0) is 37.4. The van der Waals surface area contributed by atoms with Gasteiger partial charge in [-0.15, -0.1) is 0 Å². The Morgan fingerprint density at radius 2 is 0.875 bits per heavy atom. The van der Waals surface area contributed by atoms with E-state index in [0.717, 1.165) is 34.8 Å². The van der Waals surface area contributed by atoms with Crippen LogP contribution in [-0.4, -0.2) is 0 Å². The van der Waals surface area contributed by atoms with Crippen molar-refractivity contribution in [2.45, 2.75) is 56.8 Å². The largest absolute Gasteiger partial charge is 0.310 e. The molecular weight excluding hydrogens is 677 g/mol. The van der Waals surface area contributed by atoms with E-state index in [-0.39, 0.29) is 5.41 Å². The minimum atomic E-state index is -0.195. The van der Waals surface area contributed by atoms with E-state index in [1.165, 1.54) is 82.5 Å². The molecular formula is C54H48N2. The quantitative estimate of drug-likeness (QED) is 0.154. The van der Waals surface area contributed by atoms with E-state index < -0.39 is 0 Å². The Kier molecular flexibility index (Phi) is 7.68. The molecule has 56 heavy (non-hydrogen) atoms. The van der Waals surface area contributed by atoms with Gasteiger partial charge in [0, 0.05) is 39.5 Å². The Bertz CT molecular complexity index is 2500. The maximum absolute atomic E-state index is 2.48. The summed E-state index contributed by atoms with van der Waals surface area (Å²) in [5.74, 6) is 2.84. The second kappa shape index (κ2) is 12.8. The summed E-state index contributed by atoms with van der Waals surface area (Å²) in [5.41, 5.74) is 16.7. The lowest BCUT2D eigenvalue weighted by atomic mass is 9.71. The first-order chi connectivity index (χ1) is 27.4. The molecule has 0 aromatic heterocycles. The lowest BCUT2D eigenvalue weighted by Crippen LogP contribution is -2.27. The predicted octanol–water partition coefficient (Wildman–Crippen LogP) is 14.7. The number of para-hydroxylation sites is 3. The summed E-state index contributed by atoms with van der Waals surface area (Å²) in [5, 5.41) is 0. The molecule has 4 bridgehead atoms. The molecule has 0 spiro atoms. The van der Waals surface area contributed by atoms with Crippen molar-refractivity contribution in [2.75, 3.05) is 9.80 Å². The van der Waals surface area contributed by atoms with Gasteiger partial charge >= 0.3 is 0 Å². The standard InChI is InChI=1S/C54H48N2/c1-53(2)51-33-47(55(43-14-6-3-7-15-43)44-16-8-4-9-17-44)25-27-49(51)50-28-26-48(34-52(50)53)56(45-18-10-5-11-19-45)46-20-12-13-40(32-46)39-21-23-41(24-22-39)54-35-37-29-38(36-54)31-42(54)30-37/h3-28,32-34,37-38,42H,29-31,35-36H2,1-2H3. The lowest BCUT2D eigenvalue weighted by molar-refractivity contribution is 0.266. The van der Waals surface area contributed by atoms with Crippen LogP contribution < -0.4 is 9.80 Å². The van der Waals surface area contributed by atoms with Crippen LogP contribution in [0.15, 0.2) is 176 Å². The number of hydrogen-bond acceptors (Lipinski definition) is 2. The Hall–Kier alpha value is -5.86. The summed E-state index contributed by atoms with van der Waals surface area (Å²) in [6.07, 6.45) is 7.24. The SMILES string of the molecule is CC1(C)c2cc(N(c3ccccc3)c3ccccc3)ccc2-c2ccc(N(c3ccccc3)c3cccc(-c4ccc(C56CC7CC(CC5C7)C6)cc4)c3)cc21. The Labute approximate surface area is 332 Å². The number of nitrogens with zero attached hydrogens (tertiary/aromatic N) is 2. The summed E-state index contributed by atoms with van der Waals surface area (Å²) in [6.45, 7) is 4.78. The van der Waals surface area contributed by atoms with Crippen LogP contribution in [0.4, 0.5) is 34.1 Å². The van der Waals surface area contributed by atoms with Crippen molar-refractivity contribution in [2.24, 2.45) is 17.8 Å². The highest BCUT2D eigenvalue weighted by molar-refractivity contribution is 5.88. The Morgan fingerprint density at radius 1 is 0.411 bits per heavy atom. The molecule has 0 heterocycles. The molecule has 4 fully saturated rings. The smallest absolute Gasteiger partial charge is 0.0467 e. The van der Waals surface area contributed by atoms with Crippen molar-refractivity contribution in [1.82, 2.24) is 0 Å². The van der Waals surface area contributed by atoms with Crippen LogP contribution in [0.25, 0.3) is 22.3 Å². The fourth-order valence-electron chi connectivity index (χ4n) is 11.7. The van der Waals surface area contributed by atoms with E-state index in [9.17, 15) is 0 Å². The molecule has 4 saturated carbocycles. The van der Waals surface area contributed by atoms with Crippen molar-refractivity contribution in [1.29, 1.82) is 0 Å². The van der Waals surface area contributed by atoms with Crippen molar-refractivity contribution in [3.63, 3.8) is 0 Å². The monoisotopic (exact) mass is 724 g/mol. The molecule has 274 valence electrons. The van der Waals surface area contributed by atoms with Gasteiger partial charge in [0.2, 0.25) is 0 Å². The Morgan fingerprint density at radius 3 is 1.39 bits per heavy atom. The van der Waals surface area contributed by atoms with Crippen LogP contribution in [0.5, 0.6) is 0 Å². The van der Waals surface area contributed by atoms with Crippen molar-refractivity contribution in [3.8, 4) is 22.3 Å². The van der Waals surface area contributed by atoms with Gasteiger partial charge < -0.3 is 9.80 Å². The van der Waals surface area contributed by atoms with E-state index in [1.54, 1.807) is 5.56 Å². The minimum absolute atomic E-state index is 0.195. The highest BCUT2D eigenvalue weighted by Crippen LogP contribution is 2.66. The van der Waals surface area contributed by atoms with Crippen LogP contribution in [-0.2, 0) is 10.8 Å². The average Bonchev–Trinajstić information content (AvgIpc) is 3.75. The highest BCUT2D eigenvalue weighted by atomic mass is 15.1. The van der Waals surface area contributed by atoms with Gasteiger partial charge in [0.05, 0.1) is 0 Å². The van der Waals surface area contributed by atoms with Crippen LogP contribution >= 0.6 is 0 Å². The van der Waals surface area contributed by atoms with E-state index >= 15 is 0 Å². The fourth-order valence-corrected chi connectivity index (χ4v) is 11.7. The first-order valence-electron chi connectivity index (χ1n) is 20.7. The summed E-state index contributed by atoms with van der Waals surface area (Å²) in [7, 11) is 0. The lowest BCUT2D eigenvalue weighted by Gasteiger charge is -2.33. The van der Waals surface area contributed by atoms with Crippen LogP contribution in [0.2, 0.25) is 0 Å². The maximum Gasteiger partial charge on any atom is 0.0467 e. The zero-order valence-electron chi connectivity index (χ0n) is 32.4. The molecule has 2 heteroatoms. The molecule has 7 aromatic carbocycles. The Balaban J connectivity index is 0.952. The van der Waals surface area contributed by atoms with E-state index in [0.29, 0.717) is 5.41 Å². The second-order valence-corrected chi connectivity index (χ2v) is 17.6. The van der Waals surface area contributed by atoms with Crippen molar-refractivity contribution in [3.05, 3.63) is 193 Å². The average molecular weight is 725 g/mol. The predicted molar refractivity (Wildman–Crippen MR) is 234 cm³/mol. The normalized spacial score (nSPS) is 22.1. The third-order valence-corrected chi connectivity index (χ3v) is 14.1. The van der Waals surface area contributed by atoms with E-state index in [4.69, 9.17) is 0 Å². The molecule has 5 aliphatic rings. The van der Waals surface area contributed by atoms with Gasteiger partial charge in [-0.1, -0.05) is 117 Å². The first-order valence-corrected chi connectivity index (χ1v) is 20.7. The summed E-state index contributed by atoms with van der Waals surface area (Å²) >= 11 is 0. The van der Waals surface area contributed by atoms with Gasteiger partial charge in [0.25, 0.3) is 0 Å². The molecule has 0 aliphatic heterocycles. The third kappa shape index (κ3) is 5.29. The van der Waals surface area contributed by atoms with Crippen molar-refractivity contribution >= 4 is 34.1 Å². The number of fused-ring (bicyclic) bond motifs is 3. The van der Waals surface area contributed by atoms with Gasteiger partial charge in [0.15, 0.2) is 0 Å². The van der Waals surface area contributed by atoms with Gasteiger partial charge in [-0.25, -0.2) is 0 Å². The van der Waals surface area contributed by atoms with Gasteiger partial charge in [0.1, 0.15) is 0 Å². The maximum atomic E-state index is 2.48. The van der Waals surface area contributed by atoms with Gasteiger partial charge in [-0.2, -0.15) is 0 Å². The topological polar surface area (TPSA) is 6.48 Å². The van der Waals surface area contributed by atoms with Crippen molar-refractivity contribution < 1.29 is 0 Å². The van der Waals surface area contributed by atoms with Crippen LogP contribution in [0.3, 0.4) is 0 Å². The number of benzene rings is 7. The van der Waals surface area contributed by atoms with E-state index in [2.05, 4.69) is 200 Å². The molecule has 7 aromatic rings. The number of anilines is 6. The van der Waals surface area contributed by atoms with Gasteiger partial charge in [-0.3, -0.25) is 0 Å². The summed E-state index contributed by atoms with van der Waals surface area (Å²) in [6, 6.07) is 65.3. The number of rotatable bonds is 8. The first kappa shape index (κ1) is 33.5. The summed E-state index contributed by atoms with van der Waals surface area (Å²) < 4.78 is 0. The highest BCUT2D eigenvalue weighted by Gasteiger charge is 2.58. The van der Waals surface area contributed by atoms with E-state index in [1.807, 2.05) is 0 Å². The fraction of sp³-hybridized carbons (Fsp3) is 0.222. The van der Waals surface area contributed by atoms with Crippen LogP contribution in [0.1, 0.15) is 62.6 Å². The van der Waals surface area contributed by atoms with Crippen LogP contribution in [0, 0.1) is 17.8 Å². The molecule has 0 amide bonds. The third-order valence-electron chi connectivity index (χ3n) is 14.1. The molecule has 5 aliphatic carbocycles. The molecule has 0 N–H and O–H groups in total. The zero-order valence-corrected chi connectivity index (χ0v) is 32.4. The minimum Gasteiger partial charge on any atom is -0.310 e. The summed E-state index contributed by atoms with van der Waals surface area (Å²) in [4.78, 5) is 4.80. The molecule has 2 unspecified atom stereocenters. The number of hydrogen-bond donors (Lipinski definition) is 0. The molecule has 2 nitrogen and oxygen atoms in total. The second-order valence-electron chi connectivity index (χ2n) is 17.6. The molecule has 12 rings (SSSR count). The molecule has 0 radical (unpaired) electrons. The van der Waals surface area contributed by atoms with Gasteiger partial charge in [-0.05, 0) is 167 Å². The molecule has 2 atom stereocenters.